The first-order chi connectivity index (χ1) is 24.5. The van der Waals surface area contributed by atoms with Crippen LogP contribution in [0.15, 0.2) is 37.1 Å². The molecule has 1 atom stereocenters. The van der Waals surface area contributed by atoms with Gasteiger partial charge in [-0.05, 0) is 93.3 Å². The Morgan fingerprint density at radius 3 is 2.41 bits per heavy atom. The topological polar surface area (TPSA) is 93.7 Å². The van der Waals surface area contributed by atoms with Crippen LogP contribution in [0.1, 0.15) is 55.6 Å². The number of benzene rings is 2. The lowest BCUT2D eigenvalue weighted by Crippen LogP contribution is -2.61. The van der Waals surface area contributed by atoms with E-state index in [0.717, 1.165) is 110 Å². The van der Waals surface area contributed by atoms with Crippen LogP contribution >= 0.6 is 0 Å². The van der Waals surface area contributed by atoms with Crippen molar-refractivity contribution in [1.82, 2.24) is 30.0 Å². The molecule has 5 fully saturated rings. The summed E-state index contributed by atoms with van der Waals surface area (Å²) in [6, 6.07) is 6.07. The van der Waals surface area contributed by atoms with E-state index in [2.05, 4.69) is 44.6 Å². The molecule has 9 rings (SSSR count). The van der Waals surface area contributed by atoms with E-state index in [4.69, 9.17) is 14.7 Å². The van der Waals surface area contributed by atoms with Crippen molar-refractivity contribution < 1.29 is 22.7 Å². The van der Waals surface area contributed by atoms with E-state index >= 15 is 0 Å². The zero-order chi connectivity index (χ0) is 35.3. The molecule has 0 bridgehead atoms. The van der Waals surface area contributed by atoms with Gasteiger partial charge < -0.3 is 19.4 Å². The number of ether oxygens (including phenoxy) is 1. The molecule has 2 aromatic heterocycles. The van der Waals surface area contributed by atoms with Crippen molar-refractivity contribution in [2.24, 2.45) is 5.41 Å². The van der Waals surface area contributed by atoms with Crippen molar-refractivity contribution in [3.8, 4) is 16.9 Å². The molecule has 13 heteroatoms. The first-order valence-corrected chi connectivity index (χ1v) is 18.1. The lowest BCUT2D eigenvalue weighted by atomic mass is 9.72. The summed E-state index contributed by atoms with van der Waals surface area (Å²) in [6.45, 7) is 9.66. The van der Waals surface area contributed by atoms with Crippen LogP contribution in [0.25, 0.3) is 32.9 Å². The second-order valence-electron chi connectivity index (χ2n) is 15.6. The number of amides is 1. The Bertz CT molecular complexity index is 2060. The van der Waals surface area contributed by atoms with Gasteiger partial charge in [-0.2, -0.15) is 23.3 Å². The molecule has 5 aliphatic rings. The SMILES string of the molecule is C=CC(=O)N1CC2(CCN(c3nc(N4CCC5(CCN5C)C4)nc4c(OCC(F)(F)F)c(-c5c(C)ccc6[nH]ncc56)c(C5CC5)cc34)CC2)C1. The summed E-state index contributed by atoms with van der Waals surface area (Å²) in [5, 5.41) is 8.90. The quantitative estimate of drug-likeness (QED) is 0.228. The fourth-order valence-electron chi connectivity index (χ4n) is 9.09. The number of piperidine rings is 1. The summed E-state index contributed by atoms with van der Waals surface area (Å²) < 4.78 is 48.2. The Hall–Kier alpha value is -4.39. The Morgan fingerprint density at radius 2 is 1.76 bits per heavy atom. The number of carbonyl (C=O) groups excluding carboxylic acids is 1. The van der Waals surface area contributed by atoms with Gasteiger partial charge in [-0.1, -0.05) is 12.6 Å². The monoisotopic (exact) mass is 700 g/mol. The number of anilines is 2. The normalized spacial score (nSPS) is 23.4. The molecule has 1 amide bonds. The fraction of sp³-hybridized carbons (Fsp3) is 0.526. The molecule has 4 aromatic rings. The van der Waals surface area contributed by atoms with Gasteiger partial charge in [0.05, 0.1) is 11.7 Å². The first-order valence-electron chi connectivity index (χ1n) is 18.1. The molecule has 10 nitrogen and oxygen atoms in total. The molecule has 2 aromatic carbocycles. The van der Waals surface area contributed by atoms with Crippen molar-refractivity contribution in [3.05, 3.63) is 48.2 Å². The van der Waals surface area contributed by atoms with Gasteiger partial charge in [0, 0.05) is 73.1 Å². The van der Waals surface area contributed by atoms with Gasteiger partial charge in [-0.25, -0.2) is 4.98 Å². The summed E-state index contributed by atoms with van der Waals surface area (Å²) in [4.78, 5) is 31.4. The van der Waals surface area contributed by atoms with Crippen LogP contribution in [0.2, 0.25) is 0 Å². The van der Waals surface area contributed by atoms with E-state index in [1.165, 1.54) is 6.08 Å². The Labute approximate surface area is 294 Å². The third-order valence-electron chi connectivity index (χ3n) is 12.4. The van der Waals surface area contributed by atoms with Crippen LogP contribution < -0.4 is 14.5 Å². The molecule has 1 aliphatic carbocycles. The maximum Gasteiger partial charge on any atom is 0.422 e. The number of alkyl halides is 3. The maximum absolute atomic E-state index is 14.1. The van der Waals surface area contributed by atoms with E-state index in [-0.39, 0.29) is 28.5 Å². The van der Waals surface area contributed by atoms with E-state index in [1.807, 2.05) is 24.0 Å². The van der Waals surface area contributed by atoms with Crippen molar-refractivity contribution in [2.45, 2.75) is 63.1 Å². The molecule has 1 N–H and O–H groups in total. The number of rotatable bonds is 7. The minimum atomic E-state index is -4.55. The van der Waals surface area contributed by atoms with Crippen LogP contribution in [0, 0.1) is 12.3 Å². The molecule has 1 saturated carbocycles. The van der Waals surface area contributed by atoms with Gasteiger partial charge in [0.15, 0.2) is 12.4 Å². The maximum atomic E-state index is 14.1. The largest absolute Gasteiger partial charge is 0.481 e. The minimum Gasteiger partial charge on any atom is -0.481 e. The Morgan fingerprint density at radius 1 is 1.02 bits per heavy atom. The number of likely N-dealkylation sites (tertiary alicyclic amines) is 2. The lowest BCUT2D eigenvalue weighted by molar-refractivity contribution is -0.153. The number of nitrogens with zero attached hydrogens (tertiary/aromatic N) is 7. The Kier molecular flexibility index (Phi) is 7.37. The molecule has 2 spiro atoms. The second kappa shape index (κ2) is 11.6. The molecular weight excluding hydrogens is 657 g/mol. The molecular formula is C38H43F3N8O2. The number of halogens is 3. The zero-order valence-corrected chi connectivity index (χ0v) is 29.2. The number of hydrogen-bond donors (Lipinski definition) is 1. The summed E-state index contributed by atoms with van der Waals surface area (Å²) in [5.41, 5.74) is 4.74. The number of nitrogens with one attached hydrogen (secondary N) is 1. The highest BCUT2D eigenvalue weighted by Crippen LogP contribution is 2.53. The third-order valence-corrected chi connectivity index (χ3v) is 12.4. The molecule has 51 heavy (non-hydrogen) atoms. The average Bonchev–Trinajstić information content (AvgIpc) is 3.64. The average molecular weight is 701 g/mol. The fourth-order valence-corrected chi connectivity index (χ4v) is 9.09. The van der Waals surface area contributed by atoms with Crippen LogP contribution in [0.3, 0.4) is 0 Å². The summed E-state index contributed by atoms with van der Waals surface area (Å²) in [5.74, 6) is 1.59. The molecule has 0 radical (unpaired) electrons. The third kappa shape index (κ3) is 5.41. The van der Waals surface area contributed by atoms with Gasteiger partial charge in [0.1, 0.15) is 11.3 Å². The summed E-state index contributed by atoms with van der Waals surface area (Å²) in [6.07, 6.45) is 4.32. The molecule has 6 heterocycles. The van der Waals surface area contributed by atoms with Crippen molar-refractivity contribution in [2.75, 3.05) is 69.3 Å². The van der Waals surface area contributed by atoms with Gasteiger partial charge in [0.2, 0.25) is 11.9 Å². The van der Waals surface area contributed by atoms with Gasteiger partial charge >= 0.3 is 6.18 Å². The van der Waals surface area contributed by atoms with Crippen LogP contribution in [-0.4, -0.2) is 107 Å². The van der Waals surface area contributed by atoms with Crippen LogP contribution in [0.5, 0.6) is 5.75 Å². The number of carbonyl (C=O) groups is 1. The number of fused-ring (bicyclic) bond motifs is 2. The predicted molar refractivity (Wildman–Crippen MR) is 190 cm³/mol. The van der Waals surface area contributed by atoms with Crippen molar-refractivity contribution in [3.63, 3.8) is 0 Å². The van der Waals surface area contributed by atoms with Crippen LogP contribution in [0.4, 0.5) is 24.9 Å². The molecule has 4 aliphatic heterocycles. The number of likely N-dealkylation sites (N-methyl/N-ethyl adjacent to an activating group) is 1. The first kappa shape index (κ1) is 32.5. The molecule has 4 saturated heterocycles. The number of H-pyrrole nitrogens is 1. The Balaban J connectivity index is 1.22. The van der Waals surface area contributed by atoms with Gasteiger partial charge in [-0.3, -0.25) is 14.8 Å². The van der Waals surface area contributed by atoms with Crippen molar-refractivity contribution in [1.29, 1.82) is 0 Å². The number of hydrogen-bond acceptors (Lipinski definition) is 8. The minimum absolute atomic E-state index is 0.0360. The molecule has 268 valence electrons. The zero-order valence-electron chi connectivity index (χ0n) is 29.2. The van der Waals surface area contributed by atoms with E-state index in [0.29, 0.717) is 30.1 Å². The highest BCUT2D eigenvalue weighted by atomic mass is 19.4. The predicted octanol–water partition coefficient (Wildman–Crippen LogP) is 6.20. The standard InChI is InChI=1S/C38H43F3N8O2/c1-4-29(50)49-19-36(20-49)9-14-47(15-10-36)34-26-17-25(24-6-7-24)31(30-23(2)5-8-28-27(30)18-42-45-28)33(51-22-38(39,40)41)32(26)43-35(44-34)48-16-12-37(21-48)11-13-46(37)3/h4-5,8,17-18,24H,1,6-7,9-16,19-22H2,2-3H3,(H,42,45). The lowest BCUT2D eigenvalue weighted by Gasteiger charge is -2.54. The summed E-state index contributed by atoms with van der Waals surface area (Å²) >= 11 is 0. The number of aromatic nitrogens is 4. The smallest absolute Gasteiger partial charge is 0.422 e. The molecule has 1 unspecified atom stereocenters. The van der Waals surface area contributed by atoms with Gasteiger partial charge in [-0.15, -0.1) is 0 Å². The van der Waals surface area contributed by atoms with Crippen LogP contribution in [-0.2, 0) is 4.79 Å². The van der Waals surface area contributed by atoms with E-state index in [1.54, 1.807) is 6.20 Å². The highest BCUT2D eigenvalue weighted by molar-refractivity contribution is 6.06. The highest BCUT2D eigenvalue weighted by Gasteiger charge is 2.49. The second-order valence-corrected chi connectivity index (χ2v) is 15.6. The van der Waals surface area contributed by atoms with Crippen molar-refractivity contribution >= 4 is 39.5 Å². The summed E-state index contributed by atoms with van der Waals surface area (Å²) in [7, 11) is 2.15. The van der Waals surface area contributed by atoms with E-state index < -0.39 is 12.8 Å². The number of aryl methyl sites for hydroxylation is 1. The van der Waals surface area contributed by atoms with E-state index in [9.17, 15) is 18.0 Å². The van der Waals surface area contributed by atoms with Gasteiger partial charge in [0.25, 0.3) is 0 Å². The number of aromatic amines is 1.